The van der Waals surface area contributed by atoms with Crippen molar-refractivity contribution in [2.45, 2.75) is 220 Å². The second-order valence-corrected chi connectivity index (χ2v) is 13.0. The fourth-order valence-electron chi connectivity index (χ4n) is 5.97. The van der Waals surface area contributed by atoms with Crippen molar-refractivity contribution in [2.24, 2.45) is 0 Å². The maximum atomic E-state index is 2.90. The highest BCUT2D eigenvalue weighted by molar-refractivity contribution is 4.81. The molecule has 0 atom stereocenters. The zero-order valence-corrected chi connectivity index (χ0v) is 27.2. The molecule has 0 bridgehead atoms. The lowest BCUT2D eigenvalue weighted by atomic mass is 9.92. The Morgan fingerprint density at radius 2 is 0.568 bits per heavy atom. The average Bonchev–Trinajstić information content (AvgIpc) is 2.89. The molecule has 0 rings (SSSR count). The SMILES string of the molecule is CCCCCCCCCCCCCC(C)(C)N(CCCCCCCCCC)CCCCCCCCCC. The Balaban J connectivity index is 4.18. The molecule has 0 aromatic carbocycles. The van der Waals surface area contributed by atoms with Crippen molar-refractivity contribution >= 4 is 0 Å². The van der Waals surface area contributed by atoms with Crippen molar-refractivity contribution < 1.29 is 0 Å². The lowest BCUT2D eigenvalue weighted by molar-refractivity contribution is 0.102. The van der Waals surface area contributed by atoms with Crippen LogP contribution in [0, 0.1) is 0 Å². The normalized spacial score (nSPS) is 12.2. The quantitative estimate of drug-likeness (QED) is 0.0820. The summed E-state index contributed by atoms with van der Waals surface area (Å²) in [5.41, 5.74) is 0.377. The maximum Gasteiger partial charge on any atom is 0.0153 e. The number of hydrogen-bond donors (Lipinski definition) is 0. The zero-order valence-electron chi connectivity index (χ0n) is 27.2. The van der Waals surface area contributed by atoms with E-state index in [1.54, 1.807) is 0 Å². The Labute approximate surface area is 237 Å². The maximum absolute atomic E-state index is 2.90. The van der Waals surface area contributed by atoms with Crippen LogP contribution >= 0.6 is 0 Å². The summed E-state index contributed by atoms with van der Waals surface area (Å²) in [5.74, 6) is 0. The molecule has 0 radical (unpaired) electrons. The zero-order chi connectivity index (χ0) is 27.3. The molecular formula is C36H75N. The van der Waals surface area contributed by atoms with E-state index in [1.165, 1.54) is 193 Å². The number of nitrogens with zero attached hydrogens (tertiary/aromatic N) is 1. The van der Waals surface area contributed by atoms with E-state index in [1.807, 2.05) is 0 Å². The van der Waals surface area contributed by atoms with Crippen molar-refractivity contribution in [1.29, 1.82) is 0 Å². The molecule has 0 aliphatic heterocycles. The van der Waals surface area contributed by atoms with Crippen molar-refractivity contribution in [2.75, 3.05) is 13.1 Å². The molecule has 224 valence electrons. The van der Waals surface area contributed by atoms with Crippen molar-refractivity contribution in [3.63, 3.8) is 0 Å². The summed E-state index contributed by atoms with van der Waals surface area (Å²) < 4.78 is 0. The van der Waals surface area contributed by atoms with Crippen LogP contribution in [0.5, 0.6) is 0 Å². The van der Waals surface area contributed by atoms with Crippen LogP contribution in [0.15, 0.2) is 0 Å². The highest BCUT2D eigenvalue weighted by Crippen LogP contribution is 2.25. The van der Waals surface area contributed by atoms with Gasteiger partial charge in [0.25, 0.3) is 0 Å². The third kappa shape index (κ3) is 26.0. The number of rotatable bonds is 31. The van der Waals surface area contributed by atoms with Gasteiger partial charge < -0.3 is 0 Å². The van der Waals surface area contributed by atoms with Crippen LogP contribution in [0.1, 0.15) is 214 Å². The third-order valence-electron chi connectivity index (χ3n) is 8.81. The van der Waals surface area contributed by atoms with Gasteiger partial charge in [-0.3, -0.25) is 4.90 Å². The monoisotopic (exact) mass is 522 g/mol. The van der Waals surface area contributed by atoms with E-state index in [9.17, 15) is 0 Å². The van der Waals surface area contributed by atoms with Gasteiger partial charge in [0.1, 0.15) is 0 Å². The van der Waals surface area contributed by atoms with E-state index in [0.29, 0.717) is 5.54 Å². The van der Waals surface area contributed by atoms with Gasteiger partial charge in [0.15, 0.2) is 0 Å². The Hall–Kier alpha value is -0.0400. The van der Waals surface area contributed by atoms with Gasteiger partial charge in [-0.25, -0.2) is 0 Å². The van der Waals surface area contributed by atoms with Crippen LogP contribution in [0.3, 0.4) is 0 Å². The molecule has 0 saturated carbocycles. The van der Waals surface area contributed by atoms with Crippen molar-refractivity contribution in [1.82, 2.24) is 4.90 Å². The summed E-state index contributed by atoms with van der Waals surface area (Å²) in [5, 5.41) is 0. The van der Waals surface area contributed by atoms with Gasteiger partial charge >= 0.3 is 0 Å². The van der Waals surface area contributed by atoms with Gasteiger partial charge in [0, 0.05) is 5.54 Å². The van der Waals surface area contributed by atoms with E-state index in [2.05, 4.69) is 39.5 Å². The van der Waals surface area contributed by atoms with Crippen LogP contribution in [0.4, 0.5) is 0 Å². The molecule has 1 nitrogen and oxygen atoms in total. The molecule has 1 heteroatoms. The number of hydrogen-bond acceptors (Lipinski definition) is 1. The van der Waals surface area contributed by atoms with E-state index >= 15 is 0 Å². The highest BCUT2D eigenvalue weighted by Gasteiger charge is 2.25. The second kappa shape index (κ2) is 29.0. The molecule has 37 heavy (non-hydrogen) atoms. The Bertz CT molecular complexity index is 395. The fourth-order valence-corrected chi connectivity index (χ4v) is 5.97. The largest absolute Gasteiger partial charge is 0.298 e. The Morgan fingerprint density at radius 1 is 0.324 bits per heavy atom. The molecule has 0 aromatic rings. The summed E-state index contributed by atoms with van der Waals surface area (Å²) >= 11 is 0. The summed E-state index contributed by atoms with van der Waals surface area (Å²) in [7, 11) is 0. The standard InChI is InChI=1S/C36H75N/c1-6-9-12-15-18-21-22-23-24-27-30-33-36(4,5)37(34-31-28-25-19-16-13-10-7-2)35-32-29-26-20-17-14-11-8-3/h6-35H2,1-5H3. The van der Waals surface area contributed by atoms with Gasteiger partial charge in [-0.1, -0.05) is 181 Å². The first-order valence-corrected chi connectivity index (χ1v) is 17.8. The molecule has 0 spiro atoms. The summed E-state index contributed by atoms with van der Waals surface area (Å²) in [6.45, 7) is 14.7. The molecule has 0 fully saturated rings. The van der Waals surface area contributed by atoms with Crippen LogP contribution in [-0.4, -0.2) is 23.5 Å². The molecule has 0 N–H and O–H groups in total. The lowest BCUT2D eigenvalue weighted by Crippen LogP contribution is -2.45. The fraction of sp³-hybridized carbons (Fsp3) is 1.00. The summed E-state index contributed by atoms with van der Waals surface area (Å²) in [6.07, 6.45) is 40.3. The van der Waals surface area contributed by atoms with E-state index in [4.69, 9.17) is 0 Å². The summed E-state index contributed by atoms with van der Waals surface area (Å²) in [4.78, 5) is 2.90. The Kier molecular flexibility index (Phi) is 28.9. The molecule has 0 unspecified atom stereocenters. The minimum absolute atomic E-state index is 0.377. The molecule has 0 heterocycles. The first kappa shape index (κ1) is 37.0. The lowest BCUT2D eigenvalue weighted by Gasteiger charge is -2.39. The second-order valence-electron chi connectivity index (χ2n) is 13.0. The molecule has 0 saturated heterocycles. The van der Waals surface area contributed by atoms with Gasteiger partial charge in [0.2, 0.25) is 0 Å². The molecule has 0 amide bonds. The highest BCUT2D eigenvalue weighted by atomic mass is 15.2. The van der Waals surface area contributed by atoms with E-state index < -0.39 is 0 Å². The van der Waals surface area contributed by atoms with Crippen LogP contribution in [0.2, 0.25) is 0 Å². The first-order valence-electron chi connectivity index (χ1n) is 17.8. The van der Waals surface area contributed by atoms with Gasteiger partial charge in [-0.2, -0.15) is 0 Å². The molecule has 0 aliphatic rings. The van der Waals surface area contributed by atoms with Crippen LogP contribution in [0.25, 0.3) is 0 Å². The van der Waals surface area contributed by atoms with Crippen LogP contribution in [-0.2, 0) is 0 Å². The van der Waals surface area contributed by atoms with Gasteiger partial charge in [-0.05, 0) is 46.2 Å². The van der Waals surface area contributed by atoms with Crippen LogP contribution < -0.4 is 0 Å². The van der Waals surface area contributed by atoms with Crippen molar-refractivity contribution in [3.8, 4) is 0 Å². The van der Waals surface area contributed by atoms with Gasteiger partial charge in [0.05, 0.1) is 0 Å². The average molecular weight is 522 g/mol. The first-order chi connectivity index (χ1) is 18.1. The number of unbranched alkanes of at least 4 members (excludes halogenated alkanes) is 24. The Morgan fingerprint density at radius 3 is 0.865 bits per heavy atom. The predicted molar refractivity (Wildman–Crippen MR) is 172 cm³/mol. The van der Waals surface area contributed by atoms with Crippen molar-refractivity contribution in [3.05, 3.63) is 0 Å². The van der Waals surface area contributed by atoms with E-state index in [0.717, 1.165) is 0 Å². The van der Waals surface area contributed by atoms with E-state index in [-0.39, 0.29) is 0 Å². The minimum Gasteiger partial charge on any atom is -0.298 e. The topological polar surface area (TPSA) is 3.24 Å². The molecule has 0 aliphatic carbocycles. The predicted octanol–water partition coefficient (Wildman–Crippen LogP) is 13.0. The third-order valence-corrected chi connectivity index (χ3v) is 8.81. The van der Waals surface area contributed by atoms with Gasteiger partial charge in [-0.15, -0.1) is 0 Å². The minimum atomic E-state index is 0.377. The molecular weight excluding hydrogens is 446 g/mol. The summed E-state index contributed by atoms with van der Waals surface area (Å²) in [6, 6.07) is 0. The smallest absolute Gasteiger partial charge is 0.0153 e. The molecule has 0 aromatic heterocycles.